The Labute approximate surface area is 117 Å². The van der Waals surface area contributed by atoms with E-state index >= 15 is 0 Å². The summed E-state index contributed by atoms with van der Waals surface area (Å²) >= 11 is 0. The Bertz CT molecular complexity index is 244. The van der Waals surface area contributed by atoms with E-state index in [1.54, 1.807) is 0 Å². The van der Waals surface area contributed by atoms with E-state index in [0.29, 0.717) is 5.92 Å². The fourth-order valence-corrected chi connectivity index (χ4v) is 2.88. The molecule has 2 fully saturated rings. The summed E-state index contributed by atoms with van der Waals surface area (Å²) in [6, 6.07) is 0. The van der Waals surface area contributed by atoms with E-state index in [-0.39, 0.29) is 12.4 Å². The number of rotatable bonds is 7. The largest absolute Gasteiger partial charge is 0.379 e. The molecule has 0 spiro atoms. The molecule has 0 amide bonds. The van der Waals surface area contributed by atoms with Gasteiger partial charge < -0.3 is 14.2 Å². The van der Waals surface area contributed by atoms with E-state index in [0.717, 1.165) is 45.9 Å². The van der Waals surface area contributed by atoms with E-state index < -0.39 is 0 Å². The molecule has 19 heavy (non-hydrogen) atoms. The van der Waals surface area contributed by atoms with Crippen LogP contribution in [-0.4, -0.2) is 56.7 Å². The highest BCUT2D eigenvalue weighted by molar-refractivity contribution is 4.75. The maximum atomic E-state index is 6.11. The molecule has 2 saturated heterocycles. The van der Waals surface area contributed by atoms with Gasteiger partial charge in [0.25, 0.3) is 0 Å². The van der Waals surface area contributed by atoms with Crippen molar-refractivity contribution < 1.29 is 14.2 Å². The minimum atomic E-state index is 0.0302. The van der Waals surface area contributed by atoms with Gasteiger partial charge in [0.2, 0.25) is 0 Å². The van der Waals surface area contributed by atoms with Crippen molar-refractivity contribution in [3.05, 3.63) is 0 Å². The summed E-state index contributed by atoms with van der Waals surface area (Å²) in [6.45, 7) is 9.98. The lowest BCUT2D eigenvalue weighted by Gasteiger charge is -2.28. The van der Waals surface area contributed by atoms with Crippen LogP contribution < -0.4 is 0 Å². The number of hydrogen-bond donors (Lipinski definition) is 0. The third-order valence-electron chi connectivity index (χ3n) is 4.18. The molecular weight excluding hydrogens is 242 g/mol. The predicted octanol–water partition coefficient (Wildman–Crippen LogP) is 2.28. The van der Waals surface area contributed by atoms with Crippen LogP contribution in [0, 0.1) is 5.92 Å². The molecule has 112 valence electrons. The van der Waals surface area contributed by atoms with Gasteiger partial charge in [-0.1, -0.05) is 26.7 Å². The van der Waals surface area contributed by atoms with Gasteiger partial charge >= 0.3 is 0 Å². The molecular formula is C15H29NO3. The van der Waals surface area contributed by atoms with Gasteiger partial charge in [0, 0.05) is 25.6 Å². The van der Waals surface area contributed by atoms with E-state index in [4.69, 9.17) is 14.2 Å². The average molecular weight is 271 g/mol. The number of hydrogen-bond acceptors (Lipinski definition) is 4. The summed E-state index contributed by atoms with van der Waals surface area (Å²) in [5.74, 6) is 0.564. The Morgan fingerprint density at radius 3 is 2.68 bits per heavy atom. The summed E-state index contributed by atoms with van der Waals surface area (Å²) in [5.41, 5.74) is 0. The molecule has 0 radical (unpaired) electrons. The second-order valence-corrected chi connectivity index (χ2v) is 5.68. The summed E-state index contributed by atoms with van der Waals surface area (Å²) in [6.07, 6.45) is 5.18. The Kier molecular flexibility index (Phi) is 6.57. The van der Waals surface area contributed by atoms with Crippen molar-refractivity contribution in [2.45, 2.75) is 51.9 Å². The van der Waals surface area contributed by atoms with Crippen molar-refractivity contribution in [3.8, 4) is 0 Å². The van der Waals surface area contributed by atoms with Gasteiger partial charge in [-0.15, -0.1) is 0 Å². The number of morpholine rings is 1. The molecule has 0 bridgehead atoms. The molecule has 2 rings (SSSR count). The smallest absolute Gasteiger partial charge is 0.161 e. The second-order valence-electron chi connectivity index (χ2n) is 5.68. The molecule has 0 aliphatic carbocycles. The topological polar surface area (TPSA) is 30.9 Å². The highest BCUT2D eigenvalue weighted by Crippen LogP contribution is 2.26. The van der Waals surface area contributed by atoms with E-state index in [2.05, 4.69) is 18.7 Å². The van der Waals surface area contributed by atoms with Crippen LogP contribution in [0.1, 0.15) is 39.5 Å². The molecule has 2 aliphatic rings. The SMILES string of the molecule is CCCC[C@H](CC)[C@H]1OC[C@@H](CN2CCOCC2)O1. The van der Waals surface area contributed by atoms with Gasteiger partial charge in [-0.25, -0.2) is 0 Å². The van der Waals surface area contributed by atoms with E-state index in [9.17, 15) is 0 Å². The first kappa shape index (κ1) is 15.2. The Hall–Kier alpha value is -0.160. The molecule has 4 heteroatoms. The summed E-state index contributed by atoms with van der Waals surface area (Å²) in [5, 5.41) is 0. The third-order valence-corrected chi connectivity index (χ3v) is 4.18. The zero-order valence-corrected chi connectivity index (χ0v) is 12.5. The quantitative estimate of drug-likeness (QED) is 0.711. The lowest BCUT2D eigenvalue weighted by Crippen LogP contribution is -2.41. The normalized spacial score (nSPS) is 30.6. The van der Waals surface area contributed by atoms with Crippen LogP contribution in [0.3, 0.4) is 0 Å². The van der Waals surface area contributed by atoms with Gasteiger partial charge in [0.15, 0.2) is 6.29 Å². The monoisotopic (exact) mass is 271 g/mol. The Morgan fingerprint density at radius 1 is 1.21 bits per heavy atom. The van der Waals surface area contributed by atoms with E-state index in [1.165, 1.54) is 19.3 Å². The first-order chi connectivity index (χ1) is 9.33. The number of unbranched alkanes of at least 4 members (excludes halogenated alkanes) is 1. The molecule has 2 aliphatic heterocycles. The minimum Gasteiger partial charge on any atom is -0.379 e. The molecule has 0 saturated carbocycles. The molecule has 0 aromatic heterocycles. The predicted molar refractivity (Wildman–Crippen MR) is 75.2 cm³/mol. The number of nitrogens with zero attached hydrogens (tertiary/aromatic N) is 1. The van der Waals surface area contributed by atoms with Crippen molar-refractivity contribution in [3.63, 3.8) is 0 Å². The van der Waals surface area contributed by atoms with E-state index in [1.807, 2.05) is 0 Å². The molecule has 2 heterocycles. The van der Waals surface area contributed by atoms with Gasteiger partial charge in [-0.05, 0) is 12.8 Å². The van der Waals surface area contributed by atoms with Gasteiger partial charge in [0.1, 0.15) is 0 Å². The molecule has 3 atom stereocenters. The summed E-state index contributed by atoms with van der Waals surface area (Å²) in [4.78, 5) is 2.42. The highest BCUT2D eigenvalue weighted by Gasteiger charge is 2.32. The lowest BCUT2D eigenvalue weighted by molar-refractivity contribution is -0.104. The van der Waals surface area contributed by atoms with Crippen LogP contribution in [-0.2, 0) is 14.2 Å². The lowest BCUT2D eigenvalue weighted by atomic mass is 9.99. The fourth-order valence-electron chi connectivity index (χ4n) is 2.88. The minimum absolute atomic E-state index is 0.0302. The van der Waals surface area contributed by atoms with Gasteiger partial charge in [0.05, 0.1) is 25.9 Å². The van der Waals surface area contributed by atoms with Gasteiger partial charge in [-0.3, -0.25) is 4.90 Å². The molecule has 0 unspecified atom stereocenters. The second kappa shape index (κ2) is 8.20. The third kappa shape index (κ3) is 4.71. The molecule has 0 N–H and O–H groups in total. The van der Waals surface area contributed by atoms with Crippen LogP contribution in [0.2, 0.25) is 0 Å². The van der Waals surface area contributed by atoms with Crippen LogP contribution in [0.25, 0.3) is 0 Å². The van der Waals surface area contributed by atoms with Crippen molar-refractivity contribution in [2.24, 2.45) is 5.92 Å². The molecule has 4 nitrogen and oxygen atoms in total. The van der Waals surface area contributed by atoms with Crippen LogP contribution in [0.4, 0.5) is 0 Å². The van der Waals surface area contributed by atoms with Crippen molar-refractivity contribution in [1.82, 2.24) is 4.90 Å². The van der Waals surface area contributed by atoms with Crippen LogP contribution in [0.5, 0.6) is 0 Å². The summed E-state index contributed by atoms with van der Waals surface area (Å²) in [7, 11) is 0. The maximum Gasteiger partial charge on any atom is 0.161 e. The summed E-state index contributed by atoms with van der Waals surface area (Å²) < 4.78 is 17.4. The van der Waals surface area contributed by atoms with Crippen molar-refractivity contribution in [2.75, 3.05) is 39.5 Å². The standard InChI is InChI=1S/C15H29NO3/c1-3-5-6-13(4-2)15-18-12-14(19-15)11-16-7-9-17-10-8-16/h13-15H,3-12H2,1-2H3/t13-,14+,15-/m0/s1. The zero-order chi connectivity index (χ0) is 13.5. The van der Waals surface area contributed by atoms with Crippen LogP contribution in [0.15, 0.2) is 0 Å². The molecule has 0 aromatic carbocycles. The van der Waals surface area contributed by atoms with Crippen molar-refractivity contribution in [1.29, 1.82) is 0 Å². The zero-order valence-electron chi connectivity index (χ0n) is 12.5. The fraction of sp³-hybridized carbons (Fsp3) is 1.00. The van der Waals surface area contributed by atoms with Crippen LogP contribution >= 0.6 is 0 Å². The van der Waals surface area contributed by atoms with Gasteiger partial charge in [-0.2, -0.15) is 0 Å². The highest BCUT2D eigenvalue weighted by atomic mass is 16.7. The number of ether oxygens (including phenoxy) is 3. The average Bonchev–Trinajstić information content (AvgIpc) is 2.89. The molecule has 0 aromatic rings. The maximum absolute atomic E-state index is 6.11. The first-order valence-electron chi connectivity index (χ1n) is 7.90. The Morgan fingerprint density at radius 2 is 2.00 bits per heavy atom. The first-order valence-corrected chi connectivity index (χ1v) is 7.90. The van der Waals surface area contributed by atoms with Crippen molar-refractivity contribution >= 4 is 0 Å². The Balaban J connectivity index is 1.71.